The number of thioether (sulfide) groups is 1. The van der Waals surface area contributed by atoms with Gasteiger partial charge in [-0.1, -0.05) is 36.0 Å². The van der Waals surface area contributed by atoms with Crippen LogP contribution in [-0.2, 0) is 16.1 Å². The summed E-state index contributed by atoms with van der Waals surface area (Å²) >= 11 is 1.43. The lowest BCUT2D eigenvalue weighted by molar-refractivity contribution is -0.140. The standard InChI is InChI=1S/C21H22N2O4S/c1-15-6-5-7-16(14-15)27-12-13-28-21-22-18-9-4-3-8-17(18)20(25)23(21)11-10-19(24)26-2/h3-9,14H,10-13H2,1-2H3. The van der Waals surface area contributed by atoms with Crippen molar-refractivity contribution in [3.8, 4) is 5.75 Å². The fourth-order valence-corrected chi connectivity index (χ4v) is 3.60. The molecule has 1 aromatic heterocycles. The Hall–Kier alpha value is -2.80. The van der Waals surface area contributed by atoms with E-state index < -0.39 is 0 Å². The van der Waals surface area contributed by atoms with Crippen LogP contribution in [0.3, 0.4) is 0 Å². The topological polar surface area (TPSA) is 70.4 Å². The van der Waals surface area contributed by atoms with E-state index in [9.17, 15) is 9.59 Å². The maximum absolute atomic E-state index is 12.9. The van der Waals surface area contributed by atoms with Crippen LogP contribution in [0.25, 0.3) is 10.9 Å². The summed E-state index contributed by atoms with van der Waals surface area (Å²) in [7, 11) is 1.34. The third kappa shape index (κ3) is 4.92. The van der Waals surface area contributed by atoms with Gasteiger partial charge >= 0.3 is 5.97 Å². The quantitative estimate of drug-likeness (QED) is 0.251. The summed E-state index contributed by atoms with van der Waals surface area (Å²) in [5.74, 6) is 1.07. The summed E-state index contributed by atoms with van der Waals surface area (Å²) in [6.07, 6.45) is 0.115. The number of benzene rings is 2. The van der Waals surface area contributed by atoms with Crippen LogP contribution >= 0.6 is 11.8 Å². The van der Waals surface area contributed by atoms with Gasteiger partial charge < -0.3 is 9.47 Å². The number of methoxy groups -OCH3 is 1. The third-order valence-electron chi connectivity index (χ3n) is 4.17. The molecule has 3 rings (SSSR count). The third-order valence-corrected chi connectivity index (χ3v) is 5.11. The Morgan fingerprint density at radius 3 is 2.79 bits per heavy atom. The molecule has 0 atom stereocenters. The smallest absolute Gasteiger partial charge is 0.307 e. The second-order valence-electron chi connectivity index (χ2n) is 6.21. The van der Waals surface area contributed by atoms with Gasteiger partial charge in [-0.15, -0.1) is 0 Å². The van der Waals surface area contributed by atoms with E-state index in [4.69, 9.17) is 9.47 Å². The molecule has 6 nitrogen and oxygen atoms in total. The Morgan fingerprint density at radius 1 is 1.18 bits per heavy atom. The van der Waals surface area contributed by atoms with Gasteiger partial charge in [0.05, 0.1) is 31.0 Å². The number of fused-ring (bicyclic) bond motifs is 1. The second kappa shape index (κ2) is 9.41. The summed E-state index contributed by atoms with van der Waals surface area (Å²) < 4.78 is 12.0. The lowest BCUT2D eigenvalue weighted by Crippen LogP contribution is -2.25. The van der Waals surface area contributed by atoms with Crippen molar-refractivity contribution in [2.75, 3.05) is 19.5 Å². The predicted octanol–water partition coefficient (Wildman–Crippen LogP) is 3.44. The van der Waals surface area contributed by atoms with Gasteiger partial charge in [-0.05, 0) is 36.8 Å². The molecule has 0 N–H and O–H groups in total. The molecule has 0 amide bonds. The number of nitrogens with zero attached hydrogens (tertiary/aromatic N) is 2. The Kier molecular flexibility index (Phi) is 6.71. The Labute approximate surface area is 167 Å². The van der Waals surface area contributed by atoms with Crippen molar-refractivity contribution in [2.24, 2.45) is 0 Å². The van der Waals surface area contributed by atoms with Gasteiger partial charge in [0.15, 0.2) is 5.16 Å². The molecule has 1 heterocycles. The van der Waals surface area contributed by atoms with Crippen LogP contribution in [0, 0.1) is 6.92 Å². The van der Waals surface area contributed by atoms with Crippen molar-refractivity contribution in [2.45, 2.75) is 25.0 Å². The number of carbonyl (C=O) groups is 1. The van der Waals surface area contributed by atoms with E-state index in [-0.39, 0.29) is 24.5 Å². The largest absolute Gasteiger partial charge is 0.493 e. The van der Waals surface area contributed by atoms with Crippen LogP contribution in [0.2, 0.25) is 0 Å². The number of hydrogen-bond acceptors (Lipinski definition) is 6. The van der Waals surface area contributed by atoms with Gasteiger partial charge in [0, 0.05) is 12.3 Å². The van der Waals surface area contributed by atoms with Gasteiger partial charge in [-0.25, -0.2) is 4.98 Å². The van der Waals surface area contributed by atoms with Crippen LogP contribution in [-0.4, -0.2) is 35.0 Å². The lowest BCUT2D eigenvalue weighted by Gasteiger charge is -2.13. The zero-order chi connectivity index (χ0) is 19.9. The number of para-hydroxylation sites is 1. The molecule has 3 aromatic rings. The molecule has 0 saturated carbocycles. The van der Waals surface area contributed by atoms with Crippen molar-refractivity contribution >= 4 is 28.6 Å². The Balaban J connectivity index is 1.76. The van der Waals surface area contributed by atoms with Crippen LogP contribution in [0.15, 0.2) is 58.5 Å². The number of ether oxygens (including phenoxy) is 2. The molecule has 2 aromatic carbocycles. The summed E-state index contributed by atoms with van der Waals surface area (Å²) in [6, 6.07) is 15.1. The first kappa shape index (κ1) is 19.9. The SMILES string of the molecule is COC(=O)CCn1c(SCCOc2cccc(C)c2)nc2ccccc2c1=O. The summed E-state index contributed by atoms with van der Waals surface area (Å²) in [6.45, 7) is 2.72. The lowest BCUT2D eigenvalue weighted by atomic mass is 10.2. The van der Waals surface area contributed by atoms with E-state index in [0.29, 0.717) is 28.4 Å². The number of hydrogen-bond donors (Lipinski definition) is 0. The molecule has 0 saturated heterocycles. The molecule has 7 heteroatoms. The molecule has 0 aliphatic carbocycles. The highest BCUT2D eigenvalue weighted by Gasteiger charge is 2.13. The minimum atomic E-state index is -0.362. The molecule has 0 bridgehead atoms. The minimum absolute atomic E-state index is 0.115. The van der Waals surface area contributed by atoms with Crippen LogP contribution in [0.5, 0.6) is 5.75 Å². The van der Waals surface area contributed by atoms with E-state index in [2.05, 4.69) is 4.98 Å². The maximum Gasteiger partial charge on any atom is 0.307 e. The molecule has 0 aliphatic heterocycles. The van der Waals surface area contributed by atoms with Gasteiger partial charge in [0.1, 0.15) is 5.75 Å². The highest BCUT2D eigenvalue weighted by molar-refractivity contribution is 7.99. The average molecular weight is 398 g/mol. The Bertz CT molecular complexity index is 1030. The molecule has 0 aliphatic rings. The summed E-state index contributed by atoms with van der Waals surface area (Å²) in [5, 5.41) is 1.10. The van der Waals surface area contributed by atoms with E-state index in [1.54, 1.807) is 12.1 Å². The zero-order valence-corrected chi connectivity index (χ0v) is 16.7. The van der Waals surface area contributed by atoms with E-state index in [0.717, 1.165) is 11.3 Å². The molecule has 0 radical (unpaired) electrons. The predicted molar refractivity (Wildman–Crippen MR) is 110 cm³/mol. The van der Waals surface area contributed by atoms with Crippen LogP contribution in [0.4, 0.5) is 0 Å². The highest BCUT2D eigenvalue weighted by atomic mass is 32.2. The van der Waals surface area contributed by atoms with Gasteiger partial charge in [-0.2, -0.15) is 0 Å². The molecular formula is C21H22N2O4S. The fraction of sp³-hybridized carbons (Fsp3) is 0.286. The van der Waals surface area contributed by atoms with Crippen molar-refractivity contribution in [1.82, 2.24) is 9.55 Å². The first-order valence-electron chi connectivity index (χ1n) is 8.97. The first-order chi connectivity index (χ1) is 13.6. The number of aryl methyl sites for hydroxylation is 1. The van der Waals surface area contributed by atoms with Crippen LogP contribution in [0.1, 0.15) is 12.0 Å². The van der Waals surface area contributed by atoms with Crippen molar-refractivity contribution < 1.29 is 14.3 Å². The van der Waals surface area contributed by atoms with Crippen molar-refractivity contribution in [3.05, 3.63) is 64.4 Å². The Morgan fingerprint density at radius 2 is 2.00 bits per heavy atom. The van der Waals surface area contributed by atoms with Gasteiger partial charge in [-0.3, -0.25) is 14.2 Å². The van der Waals surface area contributed by atoms with E-state index in [1.807, 2.05) is 43.3 Å². The zero-order valence-electron chi connectivity index (χ0n) is 15.9. The van der Waals surface area contributed by atoms with Gasteiger partial charge in [0.25, 0.3) is 5.56 Å². The number of rotatable bonds is 8. The first-order valence-corrected chi connectivity index (χ1v) is 9.95. The number of carbonyl (C=O) groups excluding carboxylic acids is 1. The maximum atomic E-state index is 12.9. The van der Waals surface area contributed by atoms with E-state index >= 15 is 0 Å². The molecular weight excluding hydrogens is 376 g/mol. The number of esters is 1. The van der Waals surface area contributed by atoms with Crippen molar-refractivity contribution in [1.29, 1.82) is 0 Å². The minimum Gasteiger partial charge on any atom is -0.493 e. The number of aromatic nitrogens is 2. The van der Waals surface area contributed by atoms with Crippen molar-refractivity contribution in [3.63, 3.8) is 0 Å². The highest BCUT2D eigenvalue weighted by Crippen LogP contribution is 2.19. The normalized spacial score (nSPS) is 10.8. The van der Waals surface area contributed by atoms with E-state index in [1.165, 1.54) is 23.4 Å². The monoisotopic (exact) mass is 398 g/mol. The molecule has 146 valence electrons. The molecule has 28 heavy (non-hydrogen) atoms. The van der Waals surface area contributed by atoms with Crippen LogP contribution < -0.4 is 10.3 Å². The summed E-state index contributed by atoms with van der Waals surface area (Å²) in [4.78, 5) is 29.0. The second-order valence-corrected chi connectivity index (χ2v) is 7.27. The van der Waals surface area contributed by atoms with Gasteiger partial charge in [0.2, 0.25) is 0 Å². The fourth-order valence-electron chi connectivity index (χ4n) is 2.76. The summed E-state index contributed by atoms with van der Waals surface area (Å²) in [5.41, 5.74) is 1.62. The molecule has 0 unspecified atom stereocenters. The average Bonchev–Trinajstić information content (AvgIpc) is 2.70. The molecule has 0 fully saturated rings. The molecule has 0 spiro atoms.